The quantitative estimate of drug-likeness (QED) is 0.541. The molecule has 0 amide bonds. The monoisotopic (exact) mass is 355 g/mol. The number of rotatable bonds is 9. The van der Waals surface area contributed by atoms with Gasteiger partial charge in [-0.25, -0.2) is 13.1 Å². The molecule has 0 unspecified atom stereocenters. The Balaban J connectivity index is 2.88. The third kappa shape index (κ3) is 6.99. The third-order valence-electron chi connectivity index (χ3n) is 3.39. The average Bonchev–Trinajstić information content (AvgIpc) is 2.42. The lowest BCUT2D eigenvalue weighted by atomic mass is 10.1. The zero-order chi connectivity index (χ0) is 17.7. The first kappa shape index (κ1) is 20.1. The van der Waals surface area contributed by atoms with Gasteiger partial charge in [0.05, 0.1) is 11.0 Å². The molecule has 6 heteroatoms. The number of hydrogen-bond donors (Lipinski definition) is 1. The fourth-order valence-electron chi connectivity index (χ4n) is 2.25. The van der Waals surface area contributed by atoms with Gasteiger partial charge in [-0.15, -0.1) is 6.58 Å². The Kier molecular flexibility index (Phi) is 7.19. The average molecular weight is 356 g/mol. The second kappa shape index (κ2) is 8.24. The summed E-state index contributed by atoms with van der Waals surface area (Å²) in [6.07, 6.45) is 3.23. The van der Waals surface area contributed by atoms with E-state index in [-0.39, 0.29) is 17.0 Å². The van der Waals surface area contributed by atoms with E-state index < -0.39 is 18.3 Å². The highest BCUT2D eigenvalue weighted by Gasteiger charge is 2.28. The van der Waals surface area contributed by atoms with Crippen LogP contribution in [0.1, 0.15) is 25.3 Å². The lowest BCUT2D eigenvalue weighted by Gasteiger charge is -2.31. The fraction of sp³-hybridized carbons (Fsp3) is 0.529. The Morgan fingerprint density at radius 2 is 1.83 bits per heavy atom. The van der Waals surface area contributed by atoms with Crippen molar-refractivity contribution in [2.45, 2.75) is 63.4 Å². The molecule has 0 spiro atoms. The Morgan fingerprint density at radius 3 is 2.30 bits per heavy atom. The highest BCUT2D eigenvalue weighted by molar-refractivity contribution is 7.89. The van der Waals surface area contributed by atoms with Crippen molar-refractivity contribution in [1.82, 2.24) is 4.72 Å². The molecule has 23 heavy (non-hydrogen) atoms. The summed E-state index contributed by atoms with van der Waals surface area (Å²) in [5.41, 5.74) is 1.03. The van der Waals surface area contributed by atoms with E-state index in [1.54, 1.807) is 24.3 Å². The summed E-state index contributed by atoms with van der Waals surface area (Å²) >= 11 is 0. The standard InChI is InChI=1S/C17H29NO3SSi/c1-7-8-9-17(21-23(4,5)6)15(3)18-22(19,20)16-12-10-14(2)11-13-16/h7,10-13,15,17-18H,1,8-9H2,2-6H3/t15-,17-/m0/s1. The molecule has 130 valence electrons. The maximum Gasteiger partial charge on any atom is 0.240 e. The van der Waals surface area contributed by atoms with Gasteiger partial charge in [-0.3, -0.25) is 0 Å². The molecule has 0 saturated heterocycles. The van der Waals surface area contributed by atoms with Crippen LogP contribution < -0.4 is 4.72 Å². The third-order valence-corrected chi connectivity index (χ3v) is 5.97. The summed E-state index contributed by atoms with van der Waals surface area (Å²) in [4.78, 5) is 0.283. The molecular weight excluding hydrogens is 326 g/mol. The molecule has 0 bridgehead atoms. The van der Waals surface area contributed by atoms with Crippen molar-refractivity contribution in [3.8, 4) is 0 Å². The zero-order valence-corrected chi connectivity index (χ0v) is 16.6. The van der Waals surface area contributed by atoms with Crippen molar-refractivity contribution >= 4 is 18.3 Å². The normalized spacial score (nSPS) is 15.2. The van der Waals surface area contributed by atoms with Crippen LogP contribution in [0.2, 0.25) is 19.6 Å². The van der Waals surface area contributed by atoms with Crippen molar-refractivity contribution < 1.29 is 12.8 Å². The van der Waals surface area contributed by atoms with E-state index in [1.165, 1.54) is 0 Å². The van der Waals surface area contributed by atoms with Crippen LogP contribution in [0.15, 0.2) is 41.8 Å². The molecule has 0 heterocycles. The van der Waals surface area contributed by atoms with E-state index in [0.29, 0.717) is 0 Å². The van der Waals surface area contributed by atoms with Gasteiger partial charge in [-0.2, -0.15) is 0 Å². The van der Waals surface area contributed by atoms with Crippen molar-refractivity contribution in [3.63, 3.8) is 0 Å². The largest absolute Gasteiger partial charge is 0.413 e. The Morgan fingerprint density at radius 1 is 1.26 bits per heavy atom. The maximum absolute atomic E-state index is 12.5. The van der Waals surface area contributed by atoms with Gasteiger partial charge in [0.2, 0.25) is 10.0 Å². The van der Waals surface area contributed by atoms with Gasteiger partial charge in [0.25, 0.3) is 0 Å². The highest BCUT2D eigenvalue weighted by Crippen LogP contribution is 2.18. The molecule has 1 N–H and O–H groups in total. The minimum atomic E-state index is -3.54. The Hall–Kier alpha value is -0.953. The lowest BCUT2D eigenvalue weighted by molar-refractivity contribution is 0.154. The first-order valence-corrected chi connectivity index (χ1v) is 12.8. The van der Waals surface area contributed by atoms with Gasteiger partial charge in [-0.1, -0.05) is 23.8 Å². The number of aryl methyl sites for hydroxylation is 1. The van der Waals surface area contributed by atoms with Crippen molar-refractivity contribution in [1.29, 1.82) is 0 Å². The summed E-state index contributed by atoms with van der Waals surface area (Å²) in [6, 6.07) is 6.55. The van der Waals surface area contributed by atoms with E-state index in [4.69, 9.17) is 4.43 Å². The number of nitrogens with one attached hydrogen (secondary N) is 1. The SMILES string of the molecule is C=CCC[C@H](O[Si](C)(C)C)[C@H](C)NS(=O)(=O)c1ccc(C)cc1. The smallest absolute Gasteiger partial charge is 0.240 e. The first-order chi connectivity index (χ1) is 10.5. The van der Waals surface area contributed by atoms with Crippen molar-refractivity contribution in [3.05, 3.63) is 42.5 Å². The molecule has 0 fully saturated rings. The van der Waals surface area contributed by atoms with Gasteiger partial charge in [0.15, 0.2) is 8.32 Å². The minimum Gasteiger partial charge on any atom is -0.413 e. The van der Waals surface area contributed by atoms with Crippen LogP contribution in [-0.4, -0.2) is 28.9 Å². The number of sulfonamides is 1. The Bertz CT molecular complexity index is 606. The first-order valence-electron chi connectivity index (χ1n) is 7.93. The molecule has 0 aliphatic rings. The highest BCUT2D eigenvalue weighted by atomic mass is 32.2. The number of hydrogen-bond acceptors (Lipinski definition) is 3. The topological polar surface area (TPSA) is 55.4 Å². The second-order valence-electron chi connectivity index (χ2n) is 6.86. The lowest BCUT2D eigenvalue weighted by Crippen LogP contribution is -2.46. The van der Waals surface area contributed by atoms with Gasteiger partial charge in [-0.05, 0) is 58.5 Å². The number of allylic oxidation sites excluding steroid dienone is 1. The summed E-state index contributed by atoms with van der Waals surface area (Å²) in [5.74, 6) is 0. The molecular formula is C17H29NO3SSi. The summed E-state index contributed by atoms with van der Waals surface area (Å²) in [5, 5.41) is 0. The van der Waals surface area contributed by atoms with Crippen molar-refractivity contribution in [2.75, 3.05) is 0 Å². The zero-order valence-electron chi connectivity index (χ0n) is 14.8. The van der Waals surface area contributed by atoms with Gasteiger partial charge in [0.1, 0.15) is 0 Å². The summed E-state index contributed by atoms with van der Waals surface area (Å²) < 4.78 is 34.0. The van der Waals surface area contributed by atoms with Crippen LogP contribution in [0.4, 0.5) is 0 Å². The van der Waals surface area contributed by atoms with Gasteiger partial charge in [0, 0.05) is 6.04 Å². The molecule has 4 nitrogen and oxygen atoms in total. The van der Waals surface area contributed by atoms with Gasteiger partial charge < -0.3 is 4.43 Å². The molecule has 0 saturated carbocycles. The molecule has 1 rings (SSSR count). The molecule has 1 aromatic rings. The van der Waals surface area contributed by atoms with Gasteiger partial charge >= 0.3 is 0 Å². The minimum absolute atomic E-state index is 0.153. The summed E-state index contributed by atoms with van der Waals surface area (Å²) in [7, 11) is -5.31. The fourth-order valence-corrected chi connectivity index (χ4v) is 4.76. The molecule has 1 aromatic carbocycles. The van der Waals surface area contributed by atoms with Crippen LogP contribution in [0.5, 0.6) is 0 Å². The molecule has 2 atom stereocenters. The second-order valence-corrected chi connectivity index (χ2v) is 13.0. The molecule has 0 aliphatic carbocycles. The van der Waals surface area contributed by atoms with E-state index in [0.717, 1.165) is 18.4 Å². The van der Waals surface area contributed by atoms with E-state index in [2.05, 4.69) is 30.9 Å². The van der Waals surface area contributed by atoms with Crippen LogP contribution in [0.25, 0.3) is 0 Å². The predicted molar refractivity (Wildman–Crippen MR) is 98.6 cm³/mol. The number of benzene rings is 1. The molecule has 0 radical (unpaired) electrons. The maximum atomic E-state index is 12.5. The van der Waals surface area contributed by atoms with E-state index in [1.807, 2.05) is 19.9 Å². The van der Waals surface area contributed by atoms with Crippen molar-refractivity contribution in [2.24, 2.45) is 0 Å². The molecule has 0 aliphatic heterocycles. The van der Waals surface area contributed by atoms with E-state index in [9.17, 15) is 8.42 Å². The van der Waals surface area contributed by atoms with Crippen LogP contribution >= 0.6 is 0 Å². The van der Waals surface area contributed by atoms with Crippen LogP contribution in [0.3, 0.4) is 0 Å². The van der Waals surface area contributed by atoms with Crippen LogP contribution in [0, 0.1) is 6.92 Å². The predicted octanol–water partition coefficient (Wildman–Crippen LogP) is 3.85. The summed E-state index contributed by atoms with van der Waals surface area (Å²) in [6.45, 7) is 13.8. The Labute approximate surface area is 142 Å². The van der Waals surface area contributed by atoms with E-state index >= 15 is 0 Å². The molecule has 0 aromatic heterocycles. The van der Waals surface area contributed by atoms with Crippen LogP contribution in [-0.2, 0) is 14.4 Å².